The topological polar surface area (TPSA) is 69.9 Å². The van der Waals surface area contributed by atoms with Crippen molar-refractivity contribution in [3.8, 4) is 0 Å². The third-order valence-corrected chi connectivity index (χ3v) is 4.79. The lowest BCUT2D eigenvalue weighted by atomic mass is 9.92. The van der Waals surface area contributed by atoms with Gasteiger partial charge in [0, 0.05) is 39.3 Å². The molecule has 0 aromatic carbocycles. The fourth-order valence-electron chi connectivity index (χ4n) is 3.67. The number of rotatable bonds is 3. The molecule has 0 bridgehead atoms. The molecule has 132 valence electrons. The third kappa shape index (κ3) is 4.91. The first-order valence-electron chi connectivity index (χ1n) is 8.75. The summed E-state index contributed by atoms with van der Waals surface area (Å²) < 4.78 is 0. The summed E-state index contributed by atoms with van der Waals surface area (Å²) in [6, 6.07) is 0. The molecule has 0 aromatic heterocycles. The molecule has 2 N–H and O–H groups in total. The average molecular weight is 324 g/mol. The van der Waals surface area contributed by atoms with Gasteiger partial charge in [-0.2, -0.15) is 0 Å². The largest absolute Gasteiger partial charge is 0.341 e. The third-order valence-electron chi connectivity index (χ3n) is 4.79. The summed E-state index contributed by atoms with van der Waals surface area (Å²) in [5, 5.41) is 0. The predicted molar refractivity (Wildman–Crippen MR) is 90.8 cm³/mol. The monoisotopic (exact) mass is 324 g/mol. The highest BCUT2D eigenvalue weighted by atomic mass is 16.2. The van der Waals surface area contributed by atoms with E-state index in [2.05, 4.69) is 18.7 Å². The van der Waals surface area contributed by atoms with E-state index in [9.17, 15) is 9.59 Å². The van der Waals surface area contributed by atoms with Crippen LogP contribution < -0.4 is 5.73 Å². The Morgan fingerprint density at radius 2 is 1.52 bits per heavy atom. The Morgan fingerprint density at radius 1 is 1.00 bits per heavy atom. The second kappa shape index (κ2) is 7.18. The summed E-state index contributed by atoms with van der Waals surface area (Å²) in [5.41, 5.74) is 5.06. The lowest BCUT2D eigenvalue weighted by Crippen LogP contribution is -2.58. The molecule has 6 nitrogen and oxygen atoms in total. The minimum absolute atomic E-state index is 0.0119. The van der Waals surface area contributed by atoms with Crippen molar-refractivity contribution in [1.29, 1.82) is 0 Å². The van der Waals surface area contributed by atoms with Crippen LogP contribution in [0.4, 0.5) is 0 Å². The molecule has 2 heterocycles. The Morgan fingerprint density at radius 3 is 2.00 bits per heavy atom. The van der Waals surface area contributed by atoms with E-state index in [0.717, 1.165) is 26.2 Å². The molecule has 0 spiro atoms. The minimum atomic E-state index is -0.821. The molecule has 2 amide bonds. The van der Waals surface area contributed by atoms with Gasteiger partial charge in [-0.25, -0.2) is 0 Å². The molecule has 6 heteroatoms. The standard InChI is InChI=1S/C17H32N4O2/c1-13-9-14(2)11-21(10-13)15(22)12-19-5-7-20(8-6-19)16(23)17(3,4)18/h13-14H,5-12,18H2,1-4H3. The number of carbonyl (C=O) groups is 2. The molecule has 0 aromatic rings. The second-order valence-corrected chi connectivity index (χ2v) is 8.03. The molecule has 2 unspecified atom stereocenters. The zero-order chi connectivity index (χ0) is 17.2. The van der Waals surface area contributed by atoms with Crippen molar-refractivity contribution in [2.45, 2.75) is 39.7 Å². The van der Waals surface area contributed by atoms with E-state index in [1.54, 1.807) is 13.8 Å². The van der Waals surface area contributed by atoms with E-state index in [1.807, 2.05) is 9.80 Å². The molecule has 2 atom stereocenters. The number of carbonyl (C=O) groups excluding carboxylic acids is 2. The van der Waals surface area contributed by atoms with Gasteiger partial charge < -0.3 is 15.5 Å². The van der Waals surface area contributed by atoms with Crippen LogP contribution in [0.3, 0.4) is 0 Å². The van der Waals surface area contributed by atoms with Crippen LogP contribution in [-0.4, -0.2) is 77.9 Å². The number of piperazine rings is 1. The smallest absolute Gasteiger partial charge is 0.242 e. The summed E-state index contributed by atoms with van der Waals surface area (Å²) in [7, 11) is 0. The number of amides is 2. The van der Waals surface area contributed by atoms with E-state index in [1.165, 1.54) is 6.42 Å². The molecule has 23 heavy (non-hydrogen) atoms. The van der Waals surface area contributed by atoms with Crippen molar-refractivity contribution >= 4 is 11.8 Å². The minimum Gasteiger partial charge on any atom is -0.341 e. The molecular formula is C17H32N4O2. The van der Waals surface area contributed by atoms with Crippen LogP contribution in [0.1, 0.15) is 34.1 Å². The van der Waals surface area contributed by atoms with Crippen molar-refractivity contribution in [3.05, 3.63) is 0 Å². The lowest BCUT2D eigenvalue weighted by Gasteiger charge is -2.39. The van der Waals surface area contributed by atoms with Crippen LogP contribution in [0.2, 0.25) is 0 Å². The van der Waals surface area contributed by atoms with Gasteiger partial charge in [0.15, 0.2) is 0 Å². The maximum Gasteiger partial charge on any atom is 0.242 e. The van der Waals surface area contributed by atoms with Crippen LogP contribution in [0.25, 0.3) is 0 Å². The highest BCUT2D eigenvalue weighted by molar-refractivity contribution is 5.85. The highest BCUT2D eigenvalue weighted by Gasteiger charge is 2.31. The van der Waals surface area contributed by atoms with Gasteiger partial charge in [0.05, 0.1) is 12.1 Å². The Labute approximate surface area is 140 Å². The van der Waals surface area contributed by atoms with Crippen molar-refractivity contribution in [2.24, 2.45) is 17.6 Å². The fraction of sp³-hybridized carbons (Fsp3) is 0.882. The predicted octanol–water partition coefficient (Wildman–Crippen LogP) is 0.372. The molecule has 0 aliphatic carbocycles. The van der Waals surface area contributed by atoms with E-state index >= 15 is 0 Å². The zero-order valence-corrected chi connectivity index (χ0v) is 15.0. The lowest BCUT2D eigenvalue weighted by molar-refractivity contribution is -0.139. The van der Waals surface area contributed by atoms with Crippen LogP contribution in [0.15, 0.2) is 0 Å². The zero-order valence-electron chi connectivity index (χ0n) is 15.0. The molecule has 0 saturated carbocycles. The first-order valence-corrected chi connectivity index (χ1v) is 8.75. The normalized spacial score (nSPS) is 27.2. The summed E-state index contributed by atoms with van der Waals surface area (Å²) in [6.45, 7) is 12.9. The Bertz CT molecular complexity index is 428. The van der Waals surface area contributed by atoms with Gasteiger partial charge in [-0.3, -0.25) is 14.5 Å². The Kier molecular flexibility index (Phi) is 5.68. The van der Waals surface area contributed by atoms with E-state index in [0.29, 0.717) is 31.5 Å². The van der Waals surface area contributed by atoms with Gasteiger partial charge in [0.25, 0.3) is 0 Å². The van der Waals surface area contributed by atoms with E-state index < -0.39 is 5.54 Å². The summed E-state index contributed by atoms with van der Waals surface area (Å²) >= 11 is 0. The van der Waals surface area contributed by atoms with Crippen LogP contribution in [-0.2, 0) is 9.59 Å². The van der Waals surface area contributed by atoms with Gasteiger partial charge in [0.1, 0.15) is 0 Å². The van der Waals surface area contributed by atoms with Gasteiger partial charge in [0.2, 0.25) is 11.8 Å². The molecule has 0 radical (unpaired) electrons. The number of hydrogen-bond acceptors (Lipinski definition) is 4. The molecular weight excluding hydrogens is 292 g/mol. The van der Waals surface area contributed by atoms with E-state index in [4.69, 9.17) is 5.73 Å². The maximum absolute atomic E-state index is 12.5. The van der Waals surface area contributed by atoms with Gasteiger partial charge in [-0.15, -0.1) is 0 Å². The summed E-state index contributed by atoms with van der Waals surface area (Å²) in [5.74, 6) is 1.39. The fourth-order valence-corrected chi connectivity index (χ4v) is 3.67. The highest BCUT2D eigenvalue weighted by Crippen LogP contribution is 2.21. The number of likely N-dealkylation sites (tertiary alicyclic amines) is 1. The number of nitrogens with two attached hydrogens (primary N) is 1. The van der Waals surface area contributed by atoms with E-state index in [-0.39, 0.29) is 11.8 Å². The molecule has 2 saturated heterocycles. The van der Waals surface area contributed by atoms with Crippen molar-refractivity contribution in [1.82, 2.24) is 14.7 Å². The van der Waals surface area contributed by atoms with Gasteiger partial charge in [-0.05, 0) is 32.1 Å². The number of piperidine rings is 1. The second-order valence-electron chi connectivity index (χ2n) is 8.03. The molecule has 2 aliphatic rings. The van der Waals surface area contributed by atoms with Crippen LogP contribution >= 0.6 is 0 Å². The number of nitrogens with zero attached hydrogens (tertiary/aromatic N) is 3. The summed E-state index contributed by atoms with van der Waals surface area (Å²) in [6.07, 6.45) is 1.21. The Hall–Kier alpha value is -1.14. The van der Waals surface area contributed by atoms with Crippen LogP contribution in [0.5, 0.6) is 0 Å². The molecule has 2 rings (SSSR count). The van der Waals surface area contributed by atoms with Crippen LogP contribution in [0, 0.1) is 11.8 Å². The first-order chi connectivity index (χ1) is 10.7. The molecule has 2 aliphatic heterocycles. The van der Waals surface area contributed by atoms with Crippen molar-refractivity contribution in [3.63, 3.8) is 0 Å². The molecule has 2 fully saturated rings. The van der Waals surface area contributed by atoms with Crippen molar-refractivity contribution in [2.75, 3.05) is 45.8 Å². The van der Waals surface area contributed by atoms with Gasteiger partial charge in [-0.1, -0.05) is 13.8 Å². The maximum atomic E-state index is 12.5. The number of hydrogen-bond donors (Lipinski definition) is 1. The summed E-state index contributed by atoms with van der Waals surface area (Å²) in [4.78, 5) is 30.7. The SMILES string of the molecule is CC1CC(C)CN(C(=O)CN2CCN(C(=O)C(C)(C)N)CC2)C1. The first kappa shape index (κ1) is 18.2. The average Bonchev–Trinajstić information content (AvgIpc) is 2.45. The van der Waals surface area contributed by atoms with Gasteiger partial charge >= 0.3 is 0 Å². The quantitative estimate of drug-likeness (QED) is 0.814. The van der Waals surface area contributed by atoms with Crippen molar-refractivity contribution < 1.29 is 9.59 Å². The Balaban J connectivity index is 1.80.